The maximum atomic E-state index is 8.61. The third-order valence-corrected chi connectivity index (χ3v) is 5.77. The van der Waals surface area contributed by atoms with Crippen molar-refractivity contribution in [3.05, 3.63) is 69.7 Å². The van der Waals surface area contributed by atoms with Crippen molar-refractivity contribution in [3.63, 3.8) is 0 Å². The second-order valence-corrected chi connectivity index (χ2v) is 7.10. The Bertz CT molecular complexity index is 871. The second-order valence-electron chi connectivity index (χ2n) is 6.32. The number of hydrogen-bond donors (Lipinski definition) is 1. The van der Waals surface area contributed by atoms with Crippen molar-refractivity contribution in [2.24, 2.45) is 5.92 Å². The van der Waals surface area contributed by atoms with Crippen LogP contribution < -0.4 is 10.1 Å². The zero-order chi connectivity index (χ0) is 17.4. The van der Waals surface area contributed by atoms with Gasteiger partial charge in [0.15, 0.2) is 6.61 Å². The Morgan fingerprint density at radius 1 is 1.16 bits per heavy atom. The first-order valence-corrected chi connectivity index (χ1v) is 8.95. The van der Waals surface area contributed by atoms with Crippen molar-refractivity contribution in [2.45, 2.75) is 18.4 Å². The first-order chi connectivity index (χ1) is 12.2. The maximum Gasteiger partial charge on any atom is 0.174 e. The standard InChI is InChI=1S/C20H16Cl2N2O/c21-17-9-8-16-14-2-1-3-15(14)19(24-20(16)18(17)22)12-4-6-13(7-5-12)25-11-10-23/h1-2,4-9,14-15,19,24H,3,11H2/t14-,15-,19-/m0/s1. The molecule has 25 heavy (non-hydrogen) atoms. The molecular weight excluding hydrogens is 355 g/mol. The molecule has 0 saturated carbocycles. The summed E-state index contributed by atoms with van der Waals surface area (Å²) >= 11 is 12.7. The van der Waals surface area contributed by atoms with Crippen LogP contribution in [0.1, 0.15) is 29.5 Å². The van der Waals surface area contributed by atoms with Gasteiger partial charge in [0.1, 0.15) is 11.8 Å². The molecule has 0 amide bonds. The van der Waals surface area contributed by atoms with E-state index in [1.807, 2.05) is 36.4 Å². The summed E-state index contributed by atoms with van der Waals surface area (Å²) < 4.78 is 5.34. The van der Waals surface area contributed by atoms with Crippen molar-refractivity contribution < 1.29 is 4.74 Å². The SMILES string of the molecule is N#CCOc1ccc([C@@H]2Nc3c(ccc(Cl)c3Cl)[C@H]3C=CC[C@@H]32)cc1. The summed E-state index contributed by atoms with van der Waals surface area (Å²) in [4.78, 5) is 0. The minimum absolute atomic E-state index is 0.0527. The molecule has 1 heterocycles. The molecule has 2 aromatic carbocycles. The maximum absolute atomic E-state index is 8.61. The highest BCUT2D eigenvalue weighted by Crippen LogP contribution is 2.52. The van der Waals surface area contributed by atoms with Gasteiger partial charge in [-0.2, -0.15) is 5.26 Å². The van der Waals surface area contributed by atoms with Crippen LogP contribution in [0.2, 0.25) is 10.0 Å². The van der Waals surface area contributed by atoms with Gasteiger partial charge in [-0.15, -0.1) is 0 Å². The van der Waals surface area contributed by atoms with Crippen molar-refractivity contribution in [3.8, 4) is 11.8 Å². The van der Waals surface area contributed by atoms with Gasteiger partial charge in [0, 0.05) is 5.92 Å². The minimum Gasteiger partial charge on any atom is -0.479 e. The molecule has 0 spiro atoms. The van der Waals surface area contributed by atoms with Crippen LogP contribution in [0.15, 0.2) is 48.6 Å². The van der Waals surface area contributed by atoms with Crippen LogP contribution in [-0.2, 0) is 0 Å². The van der Waals surface area contributed by atoms with Crippen LogP contribution in [0.4, 0.5) is 5.69 Å². The van der Waals surface area contributed by atoms with Crippen LogP contribution in [0.3, 0.4) is 0 Å². The van der Waals surface area contributed by atoms with E-state index in [9.17, 15) is 0 Å². The number of halogens is 2. The molecule has 0 fully saturated rings. The zero-order valence-corrected chi connectivity index (χ0v) is 14.9. The van der Waals surface area contributed by atoms with Gasteiger partial charge < -0.3 is 10.1 Å². The van der Waals surface area contributed by atoms with E-state index in [1.165, 1.54) is 11.1 Å². The lowest BCUT2D eigenvalue weighted by atomic mass is 9.77. The first-order valence-electron chi connectivity index (χ1n) is 8.20. The number of allylic oxidation sites excluding steroid dienone is 2. The molecular formula is C20H16Cl2N2O. The number of hydrogen-bond acceptors (Lipinski definition) is 3. The number of nitrogens with one attached hydrogen (secondary N) is 1. The van der Waals surface area contributed by atoms with E-state index in [4.69, 9.17) is 33.2 Å². The fourth-order valence-corrected chi connectivity index (χ4v) is 4.20. The molecule has 5 heteroatoms. The van der Waals surface area contributed by atoms with Gasteiger partial charge in [0.05, 0.1) is 21.8 Å². The molecule has 1 aliphatic carbocycles. The molecule has 0 radical (unpaired) electrons. The summed E-state index contributed by atoms with van der Waals surface area (Å²) in [5, 5.41) is 13.4. The van der Waals surface area contributed by atoms with Crippen molar-refractivity contribution in [1.29, 1.82) is 5.26 Å². The number of nitriles is 1. The fraction of sp³-hybridized carbons (Fsp3) is 0.250. The monoisotopic (exact) mass is 370 g/mol. The number of benzene rings is 2. The second kappa shape index (κ2) is 6.63. The highest BCUT2D eigenvalue weighted by atomic mass is 35.5. The van der Waals surface area contributed by atoms with Crippen LogP contribution in [0.5, 0.6) is 5.75 Å². The van der Waals surface area contributed by atoms with Crippen molar-refractivity contribution >= 4 is 28.9 Å². The topological polar surface area (TPSA) is 45.0 Å². The number of ether oxygens (including phenoxy) is 1. The van der Waals surface area contributed by atoms with Crippen molar-refractivity contribution in [2.75, 3.05) is 11.9 Å². The lowest BCUT2D eigenvalue weighted by molar-refractivity contribution is 0.367. The Morgan fingerprint density at radius 2 is 1.96 bits per heavy atom. The summed E-state index contributed by atoms with van der Waals surface area (Å²) in [6, 6.07) is 14.0. The lowest BCUT2D eigenvalue weighted by Crippen LogP contribution is -2.29. The molecule has 0 bridgehead atoms. The Kier molecular flexibility index (Phi) is 4.33. The van der Waals surface area contributed by atoms with Crippen molar-refractivity contribution in [1.82, 2.24) is 0 Å². The third-order valence-electron chi connectivity index (χ3n) is 4.97. The number of fused-ring (bicyclic) bond motifs is 3. The van der Waals surface area contributed by atoms with Gasteiger partial charge in [0.25, 0.3) is 0 Å². The molecule has 4 rings (SSSR count). The van der Waals surface area contributed by atoms with Gasteiger partial charge in [-0.25, -0.2) is 0 Å². The average molecular weight is 371 g/mol. The lowest BCUT2D eigenvalue weighted by Gasteiger charge is -2.38. The smallest absolute Gasteiger partial charge is 0.174 e. The van der Waals surface area contributed by atoms with E-state index >= 15 is 0 Å². The zero-order valence-electron chi connectivity index (χ0n) is 13.4. The number of nitrogens with zero attached hydrogens (tertiary/aromatic N) is 1. The van der Waals surface area contributed by atoms with E-state index in [0.29, 0.717) is 27.6 Å². The Labute approximate surface area is 156 Å². The third kappa shape index (κ3) is 2.86. The average Bonchev–Trinajstić information content (AvgIpc) is 3.13. The quantitative estimate of drug-likeness (QED) is 0.702. The predicted molar refractivity (Wildman–Crippen MR) is 100 cm³/mol. The molecule has 1 aliphatic heterocycles. The van der Waals surface area contributed by atoms with E-state index in [0.717, 1.165) is 12.1 Å². The van der Waals surface area contributed by atoms with Gasteiger partial charge in [-0.05, 0) is 41.7 Å². The highest BCUT2D eigenvalue weighted by molar-refractivity contribution is 6.43. The molecule has 2 aliphatic rings. The van der Waals surface area contributed by atoms with E-state index < -0.39 is 0 Å². The summed E-state index contributed by atoms with van der Waals surface area (Å²) in [6.45, 7) is 0.0527. The largest absolute Gasteiger partial charge is 0.479 e. The molecule has 3 nitrogen and oxygen atoms in total. The summed E-state index contributed by atoms with van der Waals surface area (Å²) in [5.74, 6) is 1.48. The number of rotatable bonds is 3. The van der Waals surface area contributed by atoms with Crippen LogP contribution in [0.25, 0.3) is 0 Å². The Balaban J connectivity index is 1.69. The Morgan fingerprint density at radius 3 is 2.72 bits per heavy atom. The molecule has 3 atom stereocenters. The highest BCUT2D eigenvalue weighted by Gasteiger charge is 2.38. The van der Waals surface area contributed by atoms with Gasteiger partial charge >= 0.3 is 0 Å². The van der Waals surface area contributed by atoms with Gasteiger partial charge in [-0.3, -0.25) is 0 Å². The summed E-state index contributed by atoms with van der Waals surface area (Å²) in [7, 11) is 0. The van der Waals surface area contributed by atoms with Gasteiger partial charge in [-0.1, -0.05) is 53.6 Å². The van der Waals surface area contributed by atoms with E-state index in [2.05, 4.69) is 23.5 Å². The molecule has 2 aromatic rings. The fourth-order valence-electron chi connectivity index (χ4n) is 3.82. The molecule has 126 valence electrons. The van der Waals surface area contributed by atoms with Crippen LogP contribution >= 0.6 is 23.2 Å². The molecule has 1 N–H and O–H groups in total. The Hall–Kier alpha value is -2.15. The molecule has 0 unspecified atom stereocenters. The van der Waals surface area contributed by atoms with Crippen LogP contribution in [0, 0.1) is 17.2 Å². The van der Waals surface area contributed by atoms with Crippen LogP contribution in [-0.4, -0.2) is 6.61 Å². The molecule has 0 saturated heterocycles. The first kappa shape index (κ1) is 16.3. The number of anilines is 1. The normalized spacial score (nSPS) is 23.3. The van der Waals surface area contributed by atoms with Gasteiger partial charge in [0.2, 0.25) is 0 Å². The summed E-state index contributed by atoms with van der Waals surface area (Å²) in [6.07, 6.45) is 5.53. The molecule has 0 aromatic heterocycles. The minimum atomic E-state index is 0.0527. The van der Waals surface area contributed by atoms with E-state index in [-0.39, 0.29) is 12.6 Å². The summed E-state index contributed by atoms with van der Waals surface area (Å²) in [5.41, 5.74) is 3.31. The predicted octanol–water partition coefficient (Wildman–Crippen LogP) is 5.72. The van der Waals surface area contributed by atoms with E-state index in [1.54, 1.807) is 0 Å².